The third kappa shape index (κ3) is 4.61. The maximum Gasteiger partial charge on any atom is 0.337 e. The fourth-order valence-electron chi connectivity index (χ4n) is 2.84. The molecule has 0 aliphatic heterocycles. The van der Waals surface area contributed by atoms with E-state index in [2.05, 4.69) is 26.8 Å². The monoisotopic (exact) mass is 415 g/mol. The average Bonchev–Trinajstić information content (AvgIpc) is 3.35. The van der Waals surface area contributed by atoms with Gasteiger partial charge < -0.3 is 14.0 Å². The number of rotatable bonds is 9. The number of ether oxygens (including phenoxy) is 2. The Labute approximate surface area is 174 Å². The van der Waals surface area contributed by atoms with Crippen molar-refractivity contribution in [1.82, 2.24) is 24.5 Å². The lowest BCUT2D eigenvalue weighted by atomic mass is 10.1. The zero-order chi connectivity index (χ0) is 20.8. The molecule has 9 heteroatoms. The first-order chi connectivity index (χ1) is 14.1. The number of carbonyl (C=O) groups is 1. The van der Waals surface area contributed by atoms with E-state index in [9.17, 15) is 4.79 Å². The molecule has 0 bridgehead atoms. The van der Waals surface area contributed by atoms with Gasteiger partial charge in [0.1, 0.15) is 5.56 Å². The highest BCUT2D eigenvalue weighted by molar-refractivity contribution is 7.98. The molecule has 8 nitrogen and oxygen atoms in total. The summed E-state index contributed by atoms with van der Waals surface area (Å²) in [6.45, 7) is 8.05. The van der Waals surface area contributed by atoms with Gasteiger partial charge in [-0.05, 0) is 38.5 Å². The van der Waals surface area contributed by atoms with Crippen LogP contribution in [0.15, 0.2) is 35.6 Å². The molecule has 3 aromatic rings. The lowest BCUT2D eigenvalue weighted by Crippen LogP contribution is -2.02. The van der Waals surface area contributed by atoms with Gasteiger partial charge in [-0.25, -0.2) is 4.79 Å². The Morgan fingerprint density at radius 1 is 1.10 bits per heavy atom. The largest absolute Gasteiger partial charge is 0.476 e. The number of aromatic nitrogens is 5. The van der Waals surface area contributed by atoms with Gasteiger partial charge in [-0.1, -0.05) is 23.9 Å². The lowest BCUT2D eigenvalue weighted by Gasteiger charge is -2.08. The van der Waals surface area contributed by atoms with Gasteiger partial charge in [-0.15, -0.1) is 15.3 Å². The quantitative estimate of drug-likeness (QED) is 0.389. The normalized spacial score (nSPS) is 10.9. The van der Waals surface area contributed by atoms with Gasteiger partial charge in [0.05, 0.1) is 19.3 Å². The Bertz CT molecular complexity index is 965. The molecule has 0 amide bonds. The van der Waals surface area contributed by atoms with E-state index in [0.717, 1.165) is 35.2 Å². The van der Waals surface area contributed by atoms with Crippen molar-refractivity contribution in [2.45, 2.75) is 44.8 Å². The van der Waals surface area contributed by atoms with Crippen molar-refractivity contribution < 1.29 is 14.3 Å². The van der Waals surface area contributed by atoms with E-state index in [1.807, 2.05) is 36.9 Å². The van der Waals surface area contributed by atoms with E-state index in [1.165, 1.54) is 7.11 Å². The van der Waals surface area contributed by atoms with Gasteiger partial charge in [0, 0.05) is 25.0 Å². The lowest BCUT2D eigenvalue weighted by molar-refractivity contribution is 0.0600. The van der Waals surface area contributed by atoms with Crippen LogP contribution in [0.25, 0.3) is 11.4 Å². The minimum atomic E-state index is -0.336. The molecule has 2 aromatic heterocycles. The van der Waals surface area contributed by atoms with Gasteiger partial charge >= 0.3 is 5.97 Å². The average molecular weight is 416 g/mol. The van der Waals surface area contributed by atoms with Gasteiger partial charge in [-0.3, -0.25) is 4.68 Å². The number of esters is 1. The van der Waals surface area contributed by atoms with Crippen molar-refractivity contribution in [3.63, 3.8) is 0 Å². The summed E-state index contributed by atoms with van der Waals surface area (Å²) in [6, 6.07) is 7.38. The van der Waals surface area contributed by atoms with Crippen LogP contribution in [0.1, 0.15) is 36.7 Å². The van der Waals surface area contributed by atoms with Crippen molar-refractivity contribution in [2.24, 2.45) is 0 Å². The second-order valence-corrected chi connectivity index (χ2v) is 7.11. The van der Waals surface area contributed by atoms with E-state index < -0.39 is 0 Å². The van der Waals surface area contributed by atoms with E-state index in [4.69, 9.17) is 9.47 Å². The van der Waals surface area contributed by atoms with Crippen LogP contribution in [0.3, 0.4) is 0 Å². The van der Waals surface area contributed by atoms with Gasteiger partial charge in [0.15, 0.2) is 11.0 Å². The summed E-state index contributed by atoms with van der Waals surface area (Å²) in [5.41, 5.74) is 2.47. The second-order valence-electron chi connectivity index (χ2n) is 6.16. The van der Waals surface area contributed by atoms with Crippen LogP contribution in [0.2, 0.25) is 0 Å². The van der Waals surface area contributed by atoms with Gasteiger partial charge in [-0.2, -0.15) is 0 Å². The van der Waals surface area contributed by atoms with Crippen LogP contribution in [0.5, 0.6) is 5.88 Å². The summed E-state index contributed by atoms with van der Waals surface area (Å²) >= 11 is 1.60. The number of aryl methyl sites for hydroxylation is 1. The predicted octanol–water partition coefficient (Wildman–Crippen LogP) is 3.66. The highest BCUT2D eigenvalue weighted by Gasteiger charge is 2.20. The van der Waals surface area contributed by atoms with E-state index in [0.29, 0.717) is 23.8 Å². The smallest absolute Gasteiger partial charge is 0.337 e. The third-order valence-electron chi connectivity index (χ3n) is 4.35. The number of nitrogens with zero attached hydrogens (tertiary/aromatic N) is 5. The van der Waals surface area contributed by atoms with Crippen LogP contribution in [-0.2, 0) is 23.6 Å². The standard InChI is InChI=1S/C20H25N5O3S/c1-5-24-12-16(18(23-24)28-7-3)17-21-22-20(25(17)6-2)29-13-14-8-10-15(11-9-14)19(26)27-4/h8-12H,5-7,13H2,1-4H3. The fourth-order valence-corrected chi connectivity index (χ4v) is 3.80. The number of hydrogen-bond donors (Lipinski definition) is 0. The minimum Gasteiger partial charge on any atom is -0.476 e. The molecule has 154 valence electrons. The zero-order valence-electron chi connectivity index (χ0n) is 17.1. The fraction of sp³-hybridized carbons (Fsp3) is 0.400. The summed E-state index contributed by atoms with van der Waals surface area (Å²) in [5, 5.41) is 14.1. The van der Waals surface area contributed by atoms with Crippen LogP contribution < -0.4 is 4.74 Å². The molecular weight excluding hydrogens is 390 g/mol. The first kappa shape index (κ1) is 20.9. The maximum absolute atomic E-state index is 11.6. The third-order valence-corrected chi connectivity index (χ3v) is 5.39. The highest BCUT2D eigenvalue weighted by Crippen LogP contribution is 2.31. The molecule has 29 heavy (non-hydrogen) atoms. The molecule has 0 aliphatic carbocycles. The highest BCUT2D eigenvalue weighted by atomic mass is 32.2. The van der Waals surface area contributed by atoms with Crippen molar-refractivity contribution in [2.75, 3.05) is 13.7 Å². The number of hydrogen-bond acceptors (Lipinski definition) is 7. The first-order valence-electron chi connectivity index (χ1n) is 9.55. The molecule has 0 aliphatic rings. The molecule has 0 spiro atoms. The first-order valence-corrected chi connectivity index (χ1v) is 10.5. The molecule has 0 atom stereocenters. The van der Waals surface area contributed by atoms with Crippen molar-refractivity contribution in [3.8, 4) is 17.3 Å². The Kier molecular flexibility index (Phi) is 6.92. The summed E-state index contributed by atoms with van der Waals surface area (Å²) in [4.78, 5) is 11.6. The summed E-state index contributed by atoms with van der Waals surface area (Å²) < 4.78 is 14.3. The maximum atomic E-state index is 11.6. The molecule has 0 radical (unpaired) electrons. The molecule has 0 N–H and O–H groups in total. The van der Waals surface area contributed by atoms with Crippen LogP contribution in [0.4, 0.5) is 0 Å². The molecule has 0 saturated heterocycles. The predicted molar refractivity (Wildman–Crippen MR) is 111 cm³/mol. The SMILES string of the molecule is CCOc1nn(CC)cc1-c1nnc(SCc2ccc(C(=O)OC)cc2)n1CC. The van der Waals surface area contributed by atoms with Crippen LogP contribution in [-0.4, -0.2) is 44.2 Å². The molecule has 1 aromatic carbocycles. The minimum absolute atomic E-state index is 0.336. The summed E-state index contributed by atoms with van der Waals surface area (Å²) in [6.07, 6.45) is 1.95. The second kappa shape index (κ2) is 9.60. The number of benzene rings is 1. The Hall–Kier alpha value is -2.81. The van der Waals surface area contributed by atoms with Crippen LogP contribution >= 0.6 is 11.8 Å². The number of carbonyl (C=O) groups excluding carboxylic acids is 1. The number of methoxy groups -OCH3 is 1. The topological polar surface area (TPSA) is 84.1 Å². The van der Waals surface area contributed by atoms with Crippen molar-refractivity contribution in [1.29, 1.82) is 0 Å². The zero-order valence-corrected chi connectivity index (χ0v) is 17.9. The molecular formula is C20H25N5O3S. The summed E-state index contributed by atoms with van der Waals surface area (Å²) in [5.74, 6) is 1.70. The van der Waals surface area contributed by atoms with Gasteiger partial charge in [0.2, 0.25) is 5.88 Å². The number of thioether (sulfide) groups is 1. The molecule has 0 unspecified atom stereocenters. The Balaban J connectivity index is 1.80. The van der Waals surface area contributed by atoms with E-state index in [-0.39, 0.29) is 5.97 Å². The summed E-state index contributed by atoms with van der Waals surface area (Å²) in [7, 11) is 1.38. The van der Waals surface area contributed by atoms with Crippen molar-refractivity contribution >= 4 is 17.7 Å². The van der Waals surface area contributed by atoms with Gasteiger partial charge in [0.25, 0.3) is 0 Å². The van der Waals surface area contributed by atoms with E-state index in [1.54, 1.807) is 23.9 Å². The Morgan fingerprint density at radius 3 is 2.48 bits per heavy atom. The molecule has 3 rings (SSSR count). The van der Waals surface area contributed by atoms with Crippen molar-refractivity contribution in [3.05, 3.63) is 41.6 Å². The van der Waals surface area contributed by atoms with E-state index >= 15 is 0 Å². The van der Waals surface area contributed by atoms with Crippen LogP contribution in [0, 0.1) is 0 Å². The molecule has 2 heterocycles. The molecule has 0 fully saturated rings. The Morgan fingerprint density at radius 2 is 1.86 bits per heavy atom. The molecule has 0 saturated carbocycles.